The third-order valence-corrected chi connectivity index (χ3v) is 4.40. The van der Waals surface area contributed by atoms with Gasteiger partial charge in [0.25, 0.3) is 0 Å². The molecule has 0 atom stereocenters. The number of sulfonamides is 1. The van der Waals surface area contributed by atoms with Crippen LogP contribution in [-0.4, -0.2) is 51.2 Å². The van der Waals surface area contributed by atoms with Crippen molar-refractivity contribution in [1.82, 2.24) is 4.31 Å². The van der Waals surface area contributed by atoms with Crippen LogP contribution in [0.2, 0.25) is 0 Å². The van der Waals surface area contributed by atoms with Crippen LogP contribution in [0.5, 0.6) is 0 Å². The molecule has 1 aromatic rings. The van der Waals surface area contributed by atoms with Crippen molar-refractivity contribution < 1.29 is 22.7 Å². The van der Waals surface area contributed by atoms with Crippen molar-refractivity contribution in [2.75, 3.05) is 33.4 Å². The van der Waals surface area contributed by atoms with Crippen LogP contribution in [0, 0.1) is 5.82 Å². The molecule has 7 heteroatoms. The summed E-state index contributed by atoms with van der Waals surface area (Å²) in [6.45, 7) is 0.197. The van der Waals surface area contributed by atoms with Crippen molar-refractivity contribution in [2.24, 2.45) is 0 Å². The van der Waals surface area contributed by atoms with Gasteiger partial charge < -0.3 is 9.84 Å². The van der Waals surface area contributed by atoms with E-state index in [2.05, 4.69) is 0 Å². The lowest BCUT2D eigenvalue weighted by atomic mass is 10.2. The van der Waals surface area contributed by atoms with E-state index in [-0.39, 0.29) is 32.1 Å². The summed E-state index contributed by atoms with van der Waals surface area (Å²) in [5.74, 6) is -0.635. The average Bonchev–Trinajstić information content (AvgIpc) is 2.37. The van der Waals surface area contributed by atoms with Crippen LogP contribution < -0.4 is 0 Å². The average molecular weight is 291 g/mol. The van der Waals surface area contributed by atoms with Gasteiger partial charge in [0.05, 0.1) is 19.0 Å². The summed E-state index contributed by atoms with van der Waals surface area (Å²) in [6, 6.07) is 5.30. The predicted octanol–water partition coefficient (Wildman–Crippen LogP) is 0.596. The number of aliphatic hydroxyl groups excluding tert-OH is 1. The van der Waals surface area contributed by atoms with Crippen molar-refractivity contribution in [3.63, 3.8) is 0 Å². The zero-order chi connectivity index (χ0) is 14.3. The van der Waals surface area contributed by atoms with E-state index in [1.807, 2.05) is 0 Å². The highest BCUT2D eigenvalue weighted by Crippen LogP contribution is 2.11. The van der Waals surface area contributed by atoms with E-state index in [1.165, 1.54) is 35.7 Å². The highest BCUT2D eigenvalue weighted by atomic mass is 32.2. The number of halogens is 1. The van der Waals surface area contributed by atoms with E-state index >= 15 is 0 Å². The molecule has 1 N–H and O–H groups in total. The molecule has 0 bridgehead atoms. The number of rotatable bonds is 8. The zero-order valence-corrected chi connectivity index (χ0v) is 11.6. The smallest absolute Gasteiger partial charge is 0.218 e. The first-order valence-electron chi connectivity index (χ1n) is 5.81. The second-order valence-corrected chi connectivity index (χ2v) is 5.97. The first-order chi connectivity index (χ1) is 8.99. The molecule has 0 aromatic heterocycles. The Bertz CT molecular complexity index is 475. The largest absolute Gasteiger partial charge is 0.395 e. The maximum atomic E-state index is 12.8. The zero-order valence-electron chi connectivity index (χ0n) is 10.8. The molecule has 0 radical (unpaired) electrons. The van der Waals surface area contributed by atoms with E-state index in [9.17, 15) is 12.8 Å². The molecule has 0 unspecified atom stereocenters. The molecule has 5 nitrogen and oxygen atoms in total. The van der Waals surface area contributed by atoms with Crippen molar-refractivity contribution >= 4 is 10.0 Å². The molecule has 0 aliphatic rings. The minimum atomic E-state index is -3.55. The first kappa shape index (κ1) is 16.0. The minimum absolute atomic E-state index is 0.0207. The number of methoxy groups -OCH3 is 1. The van der Waals surface area contributed by atoms with Crippen LogP contribution in [0.1, 0.15) is 5.56 Å². The Balaban J connectivity index is 2.78. The summed E-state index contributed by atoms with van der Waals surface area (Å²) in [6.07, 6.45) is 0. The number of hydrogen-bond donors (Lipinski definition) is 1. The second-order valence-electron chi connectivity index (χ2n) is 4.00. The fourth-order valence-corrected chi connectivity index (χ4v) is 3.09. The molecule has 0 saturated heterocycles. The van der Waals surface area contributed by atoms with Crippen molar-refractivity contribution in [1.29, 1.82) is 0 Å². The topological polar surface area (TPSA) is 66.8 Å². The predicted molar refractivity (Wildman–Crippen MR) is 69.6 cm³/mol. The monoisotopic (exact) mass is 291 g/mol. The highest BCUT2D eigenvalue weighted by molar-refractivity contribution is 7.88. The minimum Gasteiger partial charge on any atom is -0.395 e. The molecule has 0 aliphatic carbocycles. The lowest BCUT2D eigenvalue weighted by molar-refractivity contribution is 0.168. The lowest BCUT2D eigenvalue weighted by Crippen LogP contribution is -2.37. The van der Waals surface area contributed by atoms with Crippen LogP contribution >= 0.6 is 0 Å². The van der Waals surface area contributed by atoms with Gasteiger partial charge in [-0.15, -0.1) is 0 Å². The molecule has 0 saturated carbocycles. The van der Waals surface area contributed by atoms with Crippen molar-refractivity contribution in [3.8, 4) is 0 Å². The number of hydrogen-bond acceptors (Lipinski definition) is 4. The van der Waals surface area contributed by atoms with Gasteiger partial charge in [-0.3, -0.25) is 0 Å². The van der Waals surface area contributed by atoms with Crippen molar-refractivity contribution in [2.45, 2.75) is 5.75 Å². The van der Waals surface area contributed by atoms with E-state index in [4.69, 9.17) is 9.84 Å². The van der Waals surface area contributed by atoms with Gasteiger partial charge in [0, 0.05) is 20.2 Å². The van der Waals surface area contributed by atoms with Crippen molar-refractivity contribution in [3.05, 3.63) is 35.6 Å². The third-order valence-electron chi connectivity index (χ3n) is 2.55. The first-order valence-corrected chi connectivity index (χ1v) is 7.42. The molecule has 0 aliphatic heterocycles. The molecule has 0 amide bonds. The summed E-state index contributed by atoms with van der Waals surface area (Å²) in [5, 5.41) is 8.91. The Morgan fingerprint density at radius 3 is 2.42 bits per heavy atom. The van der Waals surface area contributed by atoms with E-state index in [0.29, 0.717) is 5.56 Å². The van der Waals surface area contributed by atoms with Crippen LogP contribution in [0.3, 0.4) is 0 Å². The summed E-state index contributed by atoms with van der Waals surface area (Å²) >= 11 is 0. The maximum absolute atomic E-state index is 12.8. The number of benzene rings is 1. The molecule has 0 fully saturated rings. The number of nitrogens with zero attached hydrogens (tertiary/aromatic N) is 1. The Labute approximate surface area is 112 Å². The summed E-state index contributed by atoms with van der Waals surface area (Å²) in [4.78, 5) is 0. The van der Waals surface area contributed by atoms with Gasteiger partial charge in [0.2, 0.25) is 10.0 Å². The van der Waals surface area contributed by atoms with E-state index < -0.39 is 15.8 Å². The quantitative estimate of drug-likeness (QED) is 0.761. The normalized spacial score (nSPS) is 12.0. The molecular weight excluding hydrogens is 273 g/mol. The van der Waals surface area contributed by atoms with Gasteiger partial charge in [-0.2, -0.15) is 4.31 Å². The second kappa shape index (κ2) is 7.54. The third kappa shape index (κ3) is 5.23. The maximum Gasteiger partial charge on any atom is 0.218 e. The number of aliphatic hydroxyl groups is 1. The SMILES string of the molecule is COCCN(CCO)S(=O)(=O)Cc1ccc(F)cc1. The Hall–Kier alpha value is -1.02. The van der Waals surface area contributed by atoms with Gasteiger partial charge in [-0.05, 0) is 17.7 Å². The van der Waals surface area contributed by atoms with Gasteiger partial charge in [-0.25, -0.2) is 12.8 Å². The Morgan fingerprint density at radius 1 is 1.26 bits per heavy atom. The standard InChI is InChI=1S/C12H18FNO4S/c1-18-9-7-14(6-8-15)19(16,17)10-11-2-4-12(13)5-3-11/h2-5,15H,6-10H2,1H3. The van der Waals surface area contributed by atoms with Crippen LogP contribution in [0.25, 0.3) is 0 Å². The van der Waals surface area contributed by atoms with E-state index in [1.54, 1.807) is 0 Å². The molecule has 1 aromatic carbocycles. The highest BCUT2D eigenvalue weighted by Gasteiger charge is 2.21. The lowest BCUT2D eigenvalue weighted by Gasteiger charge is -2.20. The molecule has 108 valence electrons. The number of ether oxygens (including phenoxy) is 1. The molecule has 1 rings (SSSR count). The van der Waals surface area contributed by atoms with E-state index in [0.717, 1.165) is 0 Å². The molecule has 0 heterocycles. The van der Waals surface area contributed by atoms with Gasteiger partial charge >= 0.3 is 0 Å². The summed E-state index contributed by atoms with van der Waals surface area (Å²) < 4.78 is 43.1. The summed E-state index contributed by atoms with van der Waals surface area (Å²) in [7, 11) is -2.08. The molecule has 19 heavy (non-hydrogen) atoms. The fourth-order valence-electron chi connectivity index (χ4n) is 1.58. The van der Waals surface area contributed by atoms with Gasteiger partial charge in [0.1, 0.15) is 5.82 Å². The summed E-state index contributed by atoms with van der Waals surface area (Å²) in [5.41, 5.74) is 0.502. The molecule has 0 spiro atoms. The fraction of sp³-hybridized carbons (Fsp3) is 0.500. The van der Waals surface area contributed by atoms with Crippen LogP contribution in [-0.2, 0) is 20.5 Å². The van der Waals surface area contributed by atoms with Crippen LogP contribution in [0.4, 0.5) is 4.39 Å². The Kier molecular flexibility index (Phi) is 6.36. The van der Waals surface area contributed by atoms with Gasteiger partial charge in [-0.1, -0.05) is 12.1 Å². The Morgan fingerprint density at radius 2 is 1.89 bits per heavy atom. The van der Waals surface area contributed by atoms with Gasteiger partial charge in [0.15, 0.2) is 0 Å². The molecular formula is C12H18FNO4S. The van der Waals surface area contributed by atoms with Crippen LogP contribution in [0.15, 0.2) is 24.3 Å².